The molecule has 1 aliphatic carbocycles. The van der Waals surface area contributed by atoms with Crippen molar-refractivity contribution in [3.63, 3.8) is 0 Å². The summed E-state index contributed by atoms with van der Waals surface area (Å²) in [5.74, 6) is 2.34. The highest BCUT2D eigenvalue weighted by molar-refractivity contribution is 5.67. The van der Waals surface area contributed by atoms with E-state index in [1.807, 2.05) is 26.0 Å². The molecule has 2 aliphatic heterocycles. The summed E-state index contributed by atoms with van der Waals surface area (Å²) in [4.78, 5) is 12.1. The fourth-order valence-corrected chi connectivity index (χ4v) is 5.13. The van der Waals surface area contributed by atoms with Gasteiger partial charge >= 0.3 is 6.09 Å². The van der Waals surface area contributed by atoms with Gasteiger partial charge in [-0.2, -0.15) is 0 Å². The summed E-state index contributed by atoms with van der Waals surface area (Å²) in [6, 6.07) is 6.10. The molecule has 0 saturated carbocycles. The molecule has 29 heavy (non-hydrogen) atoms. The zero-order valence-electron chi connectivity index (χ0n) is 17.9. The maximum atomic E-state index is 12.1. The van der Waals surface area contributed by atoms with Crippen molar-refractivity contribution in [2.75, 3.05) is 20.0 Å². The van der Waals surface area contributed by atoms with Crippen molar-refractivity contribution in [2.45, 2.75) is 46.8 Å². The quantitative estimate of drug-likeness (QED) is 0.755. The maximum Gasteiger partial charge on any atom is 0.407 e. The van der Waals surface area contributed by atoms with Gasteiger partial charge in [-0.1, -0.05) is 31.6 Å². The number of hydrogen-bond acceptors (Lipinski definition) is 5. The number of carbonyl (C=O) groups is 1. The van der Waals surface area contributed by atoms with Gasteiger partial charge in [-0.05, 0) is 50.3 Å². The number of ether oxygens (including phenoxy) is 4. The van der Waals surface area contributed by atoms with E-state index in [2.05, 4.69) is 38.2 Å². The minimum Gasteiger partial charge on any atom is -0.454 e. The lowest BCUT2D eigenvalue weighted by atomic mass is 9.56. The lowest BCUT2D eigenvalue weighted by Crippen LogP contribution is -2.55. The second-order valence-corrected chi connectivity index (χ2v) is 8.97. The Morgan fingerprint density at radius 2 is 2.03 bits per heavy atom. The number of amides is 1. The van der Waals surface area contributed by atoms with E-state index >= 15 is 0 Å². The summed E-state index contributed by atoms with van der Waals surface area (Å²) < 4.78 is 23.1. The predicted octanol–water partition coefficient (Wildman–Crippen LogP) is 4.46. The van der Waals surface area contributed by atoms with Crippen molar-refractivity contribution in [1.29, 1.82) is 0 Å². The molecule has 0 radical (unpaired) electrons. The number of alkyl carbamates (subject to hydrolysis) is 1. The van der Waals surface area contributed by atoms with E-state index in [1.165, 1.54) is 5.57 Å². The van der Waals surface area contributed by atoms with Gasteiger partial charge in [0.15, 0.2) is 11.5 Å². The molecule has 1 saturated heterocycles. The van der Waals surface area contributed by atoms with Crippen molar-refractivity contribution < 1.29 is 23.7 Å². The Labute approximate surface area is 172 Å². The maximum absolute atomic E-state index is 12.1. The molecule has 6 nitrogen and oxygen atoms in total. The van der Waals surface area contributed by atoms with E-state index in [0.29, 0.717) is 19.1 Å². The van der Waals surface area contributed by atoms with Crippen LogP contribution in [0.5, 0.6) is 11.5 Å². The van der Waals surface area contributed by atoms with Crippen LogP contribution in [0.25, 0.3) is 0 Å². The third-order valence-corrected chi connectivity index (χ3v) is 6.85. The topological polar surface area (TPSA) is 66.0 Å². The molecule has 0 spiro atoms. The second kappa shape index (κ2) is 7.56. The third-order valence-electron chi connectivity index (χ3n) is 6.85. The number of carbonyl (C=O) groups excluding carboxylic acids is 1. The molecule has 5 atom stereocenters. The molecule has 1 fully saturated rings. The highest BCUT2D eigenvalue weighted by Gasteiger charge is 2.54. The van der Waals surface area contributed by atoms with Gasteiger partial charge in [-0.25, -0.2) is 4.79 Å². The molecule has 0 unspecified atom stereocenters. The van der Waals surface area contributed by atoms with Crippen LogP contribution in [-0.2, 0) is 9.47 Å². The Morgan fingerprint density at radius 3 is 2.79 bits per heavy atom. The minimum absolute atomic E-state index is 0.0501. The van der Waals surface area contributed by atoms with E-state index < -0.39 is 0 Å². The third kappa shape index (κ3) is 3.48. The van der Waals surface area contributed by atoms with Crippen molar-refractivity contribution in [1.82, 2.24) is 5.32 Å². The average Bonchev–Trinajstić information content (AvgIpc) is 3.12. The van der Waals surface area contributed by atoms with Gasteiger partial charge < -0.3 is 24.3 Å². The first kappa shape index (κ1) is 20.1. The number of rotatable bonds is 4. The SMILES string of the molecule is CC1=C[C@@H](C)[C@]2(COC(=O)NC(C)C)CO[C@@H](c3ccc4c(c3)OCO4)[C@H]1[C@H]2C. The normalized spacial score (nSPS) is 32.7. The zero-order chi connectivity index (χ0) is 20.8. The Kier molecular flexibility index (Phi) is 5.23. The fraction of sp³-hybridized carbons (Fsp3) is 0.609. The Bertz CT molecular complexity index is 819. The molecule has 3 aliphatic rings. The molecule has 4 rings (SSSR count). The van der Waals surface area contributed by atoms with Crippen LogP contribution in [0.15, 0.2) is 29.8 Å². The lowest BCUT2D eigenvalue weighted by molar-refractivity contribution is -0.165. The molecule has 1 amide bonds. The van der Waals surface area contributed by atoms with Gasteiger partial charge in [0.05, 0.1) is 12.7 Å². The molecule has 1 N–H and O–H groups in total. The number of fused-ring (bicyclic) bond motifs is 3. The van der Waals surface area contributed by atoms with E-state index in [-0.39, 0.29) is 42.3 Å². The standard InChI is InChI=1S/C23H31NO5/c1-13(2)24-22(25)27-11-23-10-26-21(20(16(23)5)14(3)8-15(23)4)17-6-7-18-19(9-17)29-12-28-18/h6-9,13,15-16,20-21H,10-12H2,1-5H3,(H,24,25)/t15-,16-,20-,21+,23-/m1/s1. The van der Waals surface area contributed by atoms with Crippen molar-refractivity contribution in [3.8, 4) is 11.5 Å². The molecule has 2 bridgehead atoms. The van der Waals surface area contributed by atoms with Crippen molar-refractivity contribution in [2.24, 2.45) is 23.2 Å². The molecule has 158 valence electrons. The van der Waals surface area contributed by atoms with E-state index in [4.69, 9.17) is 18.9 Å². The van der Waals surface area contributed by atoms with Crippen LogP contribution < -0.4 is 14.8 Å². The lowest BCUT2D eigenvalue weighted by Gasteiger charge is -2.55. The molecular formula is C23H31NO5. The number of benzene rings is 1. The first-order chi connectivity index (χ1) is 13.8. The smallest absolute Gasteiger partial charge is 0.407 e. The monoisotopic (exact) mass is 401 g/mol. The van der Waals surface area contributed by atoms with E-state index in [9.17, 15) is 4.79 Å². The van der Waals surface area contributed by atoms with E-state index in [1.54, 1.807) is 0 Å². The first-order valence-corrected chi connectivity index (χ1v) is 10.4. The van der Waals surface area contributed by atoms with Crippen LogP contribution >= 0.6 is 0 Å². The summed E-state index contributed by atoms with van der Waals surface area (Å²) in [5, 5.41) is 2.81. The number of hydrogen-bond donors (Lipinski definition) is 1. The highest BCUT2D eigenvalue weighted by atomic mass is 16.7. The van der Waals surface area contributed by atoms with Gasteiger partial charge in [0, 0.05) is 17.4 Å². The largest absolute Gasteiger partial charge is 0.454 e. The average molecular weight is 402 g/mol. The predicted molar refractivity (Wildman–Crippen MR) is 109 cm³/mol. The minimum atomic E-state index is -0.366. The Hall–Kier alpha value is -2.21. The fourth-order valence-electron chi connectivity index (χ4n) is 5.13. The molecular weight excluding hydrogens is 370 g/mol. The van der Waals surface area contributed by atoms with Crippen LogP contribution in [0.2, 0.25) is 0 Å². The molecule has 6 heteroatoms. The van der Waals surface area contributed by atoms with Gasteiger partial charge in [0.2, 0.25) is 6.79 Å². The first-order valence-electron chi connectivity index (χ1n) is 10.4. The van der Waals surface area contributed by atoms with Crippen LogP contribution in [-0.4, -0.2) is 32.1 Å². The van der Waals surface area contributed by atoms with Crippen molar-refractivity contribution >= 4 is 6.09 Å². The summed E-state index contributed by atoms with van der Waals surface area (Å²) in [7, 11) is 0. The Morgan fingerprint density at radius 1 is 1.28 bits per heavy atom. The van der Waals surface area contributed by atoms with Gasteiger partial charge in [0.1, 0.15) is 6.61 Å². The van der Waals surface area contributed by atoms with Crippen molar-refractivity contribution in [3.05, 3.63) is 35.4 Å². The summed E-state index contributed by atoms with van der Waals surface area (Å²) in [5.41, 5.74) is 2.20. The van der Waals surface area contributed by atoms with Crippen LogP contribution in [0, 0.1) is 23.2 Å². The van der Waals surface area contributed by atoms with Gasteiger partial charge in [0.25, 0.3) is 0 Å². The summed E-state index contributed by atoms with van der Waals surface area (Å²) >= 11 is 0. The van der Waals surface area contributed by atoms with E-state index in [0.717, 1.165) is 17.1 Å². The van der Waals surface area contributed by atoms with Crippen LogP contribution in [0.4, 0.5) is 4.79 Å². The zero-order valence-corrected chi connectivity index (χ0v) is 17.9. The van der Waals surface area contributed by atoms with Crippen LogP contribution in [0.1, 0.15) is 46.3 Å². The van der Waals surface area contributed by atoms with Crippen LogP contribution in [0.3, 0.4) is 0 Å². The van der Waals surface area contributed by atoms with Gasteiger partial charge in [-0.15, -0.1) is 0 Å². The molecule has 0 aromatic heterocycles. The summed E-state index contributed by atoms with van der Waals surface area (Å²) in [6.07, 6.45) is 1.91. The number of allylic oxidation sites excluding steroid dienone is 1. The second-order valence-electron chi connectivity index (χ2n) is 8.97. The molecule has 1 aromatic rings. The van der Waals surface area contributed by atoms with Gasteiger partial charge in [-0.3, -0.25) is 0 Å². The Balaban J connectivity index is 1.58. The highest BCUT2D eigenvalue weighted by Crippen LogP contribution is 2.56. The molecule has 2 heterocycles. The summed E-state index contributed by atoms with van der Waals surface area (Å²) in [6.45, 7) is 11.7. The number of nitrogens with one attached hydrogen (secondary N) is 1. The molecule has 1 aromatic carbocycles.